The van der Waals surface area contributed by atoms with Gasteiger partial charge in [0.05, 0.1) is 0 Å². The smallest absolute Gasteiger partial charge is 0.0135 e. The van der Waals surface area contributed by atoms with Crippen LogP contribution in [0.15, 0.2) is 12.2 Å². The van der Waals surface area contributed by atoms with Gasteiger partial charge in [-0.25, -0.2) is 0 Å². The first-order valence-corrected chi connectivity index (χ1v) is 3.38. The number of hydrogen-bond donors (Lipinski definition) is 2. The van der Waals surface area contributed by atoms with E-state index in [0.29, 0.717) is 0 Å². The Balaban J connectivity index is 2.75. The van der Waals surface area contributed by atoms with Crippen molar-refractivity contribution in [3.05, 3.63) is 12.2 Å². The number of hydrogen-bond acceptors (Lipinski definition) is 2. The summed E-state index contributed by atoms with van der Waals surface area (Å²) in [6.07, 6.45) is 4.15. The highest BCUT2D eigenvalue weighted by Crippen LogP contribution is 1.65. The molecule has 9 heavy (non-hydrogen) atoms. The maximum atomic E-state index is 3.24. The van der Waals surface area contributed by atoms with Gasteiger partial charge in [0.15, 0.2) is 0 Å². The minimum absolute atomic E-state index is 0.984. The Hall–Kier alpha value is -0.340. The Bertz CT molecular complexity index is 69.3. The molecule has 0 saturated carbocycles. The van der Waals surface area contributed by atoms with Crippen LogP contribution in [0, 0.1) is 0 Å². The number of allylic oxidation sites excluding steroid dienone is 1. The lowest BCUT2D eigenvalue weighted by Crippen LogP contribution is -2.24. The van der Waals surface area contributed by atoms with Crippen molar-refractivity contribution in [2.24, 2.45) is 0 Å². The molecule has 0 rings (SSSR count). The van der Waals surface area contributed by atoms with Crippen molar-refractivity contribution in [3.63, 3.8) is 0 Å². The molecule has 0 bridgehead atoms. The standard InChI is InChI=1S/C7H16N2/c1-3-4-5-9-7-6-8-2/h3-4,8-9H,5-7H2,1-2H3/b4-3+. The van der Waals surface area contributed by atoms with Gasteiger partial charge in [0.2, 0.25) is 0 Å². The topological polar surface area (TPSA) is 24.1 Å². The molecule has 0 saturated heterocycles. The van der Waals surface area contributed by atoms with Crippen LogP contribution in [0.5, 0.6) is 0 Å². The second-order valence-corrected chi connectivity index (χ2v) is 1.88. The maximum absolute atomic E-state index is 3.24. The zero-order valence-electron chi connectivity index (χ0n) is 6.28. The summed E-state index contributed by atoms with van der Waals surface area (Å²) in [7, 11) is 1.96. The third-order valence-electron chi connectivity index (χ3n) is 1.05. The summed E-state index contributed by atoms with van der Waals surface area (Å²) in [4.78, 5) is 0. The third-order valence-corrected chi connectivity index (χ3v) is 1.05. The molecule has 0 amide bonds. The molecule has 0 aliphatic heterocycles. The average molecular weight is 128 g/mol. The van der Waals surface area contributed by atoms with E-state index in [2.05, 4.69) is 16.7 Å². The molecule has 0 aromatic carbocycles. The van der Waals surface area contributed by atoms with Gasteiger partial charge in [-0.1, -0.05) is 12.2 Å². The van der Waals surface area contributed by atoms with Crippen LogP contribution >= 0.6 is 0 Å². The molecule has 0 aromatic rings. The molecule has 0 unspecified atom stereocenters. The van der Waals surface area contributed by atoms with E-state index < -0.39 is 0 Å². The highest BCUT2D eigenvalue weighted by Gasteiger charge is 1.78. The highest BCUT2D eigenvalue weighted by molar-refractivity contribution is 4.79. The predicted octanol–water partition coefficient (Wildman–Crippen LogP) is 0.371. The van der Waals surface area contributed by atoms with Crippen LogP contribution in [0.1, 0.15) is 6.92 Å². The fourth-order valence-corrected chi connectivity index (χ4v) is 0.517. The third kappa shape index (κ3) is 7.66. The van der Waals surface area contributed by atoms with Crippen LogP contribution < -0.4 is 10.6 Å². The Labute approximate surface area is 57.3 Å². The largest absolute Gasteiger partial charge is 0.318 e. The van der Waals surface area contributed by atoms with E-state index in [4.69, 9.17) is 0 Å². The lowest BCUT2D eigenvalue weighted by molar-refractivity contribution is 0.690. The van der Waals surface area contributed by atoms with E-state index in [1.807, 2.05) is 20.0 Å². The van der Waals surface area contributed by atoms with Crippen molar-refractivity contribution in [2.75, 3.05) is 26.7 Å². The molecule has 0 aromatic heterocycles. The van der Waals surface area contributed by atoms with E-state index in [1.165, 1.54) is 0 Å². The first kappa shape index (κ1) is 8.66. The van der Waals surface area contributed by atoms with Crippen molar-refractivity contribution in [2.45, 2.75) is 6.92 Å². The van der Waals surface area contributed by atoms with Gasteiger partial charge in [-0.2, -0.15) is 0 Å². The first-order chi connectivity index (χ1) is 4.41. The van der Waals surface area contributed by atoms with Crippen LogP contribution in [0.3, 0.4) is 0 Å². The summed E-state index contributed by atoms with van der Waals surface area (Å²) in [5, 5.41) is 6.30. The zero-order chi connectivity index (χ0) is 6.95. The molecule has 2 N–H and O–H groups in total. The molecule has 0 radical (unpaired) electrons. The predicted molar refractivity (Wildman–Crippen MR) is 41.6 cm³/mol. The summed E-state index contributed by atoms with van der Waals surface area (Å²) in [6.45, 7) is 5.09. The minimum Gasteiger partial charge on any atom is -0.318 e. The fourth-order valence-electron chi connectivity index (χ4n) is 0.517. The van der Waals surface area contributed by atoms with Gasteiger partial charge in [-0.05, 0) is 14.0 Å². The molecule has 0 atom stereocenters. The van der Waals surface area contributed by atoms with Crippen molar-refractivity contribution in [1.82, 2.24) is 10.6 Å². The minimum atomic E-state index is 0.984. The SMILES string of the molecule is C/C=C/CNCCNC. The van der Waals surface area contributed by atoms with Crippen LogP contribution in [0.4, 0.5) is 0 Å². The lowest BCUT2D eigenvalue weighted by Gasteiger charge is -1.98. The van der Waals surface area contributed by atoms with Gasteiger partial charge in [0, 0.05) is 19.6 Å². The summed E-state index contributed by atoms with van der Waals surface area (Å²) >= 11 is 0. The lowest BCUT2D eigenvalue weighted by atomic mass is 10.5. The van der Waals surface area contributed by atoms with Crippen LogP contribution in [-0.2, 0) is 0 Å². The maximum Gasteiger partial charge on any atom is 0.0135 e. The summed E-state index contributed by atoms with van der Waals surface area (Å²) in [5.41, 5.74) is 0. The molecule has 0 heterocycles. The van der Waals surface area contributed by atoms with Gasteiger partial charge in [-0.3, -0.25) is 0 Å². The van der Waals surface area contributed by atoms with Gasteiger partial charge in [0.25, 0.3) is 0 Å². The van der Waals surface area contributed by atoms with E-state index in [1.54, 1.807) is 0 Å². The summed E-state index contributed by atoms with van der Waals surface area (Å²) in [6, 6.07) is 0. The quantitative estimate of drug-likeness (QED) is 0.413. The van der Waals surface area contributed by atoms with Gasteiger partial charge in [-0.15, -0.1) is 0 Å². The van der Waals surface area contributed by atoms with Gasteiger partial charge >= 0.3 is 0 Å². The van der Waals surface area contributed by atoms with Crippen molar-refractivity contribution in [1.29, 1.82) is 0 Å². The van der Waals surface area contributed by atoms with Crippen LogP contribution in [-0.4, -0.2) is 26.7 Å². The van der Waals surface area contributed by atoms with Crippen LogP contribution in [0.2, 0.25) is 0 Å². The number of likely N-dealkylation sites (N-methyl/N-ethyl adjacent to an activating group) is 1. The molecule has 0 spiro atoms. The highest BCUT2D eigenvalue weighted by atomic mass is 14.9. The molecule has 2 heteroatoms. The number of rotatable bonds is 5. The van der Waals surface area contributed by atoms with E-state index in [-0.39, 0.29) is 0 Å². The average Bonchev–Trinajstić information content (AvgIpc) is 1.89. The Morgan fingerprint density at radius 2 is 2.11 bits per heavy atom. The second kappa shape index (κ2) is 7.66. The van der Waals surface area contributed by atoms with E-state index in [9.17, 15) is 0 Å². The zero-order valence-corrected chi connectivity index (χ0v) is 6.28. The molecule has 54 valence electrons. The fraction of sp³-hybridized carbons (Fsp3) is 0.714. The van der Waals surface area contributed by atoms with Gasteiger partial charge < -0.3 is 10.6 Å². The molecule has 2 nitrogen and oxygen atoms in total. The molecular formula is C7H16N2. The molecule has 0 aliphatic rings. The Kier molecular flexibility index (Phi) is 7.37. The Morgan fingerprint density at radius 1 is 1.33 bits per heavy atom. The van der Waals surface area contributed by atoms with Crippen molar-refractivity contribution >= 4 is 0 Å². The van der Waals surface area contributed by atoms with E-state index in [0.717, 1.165) is 19.6 Å². The molecule has 0 fully saturated rings. The van der Waals surface area contributed by atoms with Crippen molar-refractivity contribution < 1.29 is 0 Å². The molecular weight excluding hydrogens is 112 g/mol. The van der Waals surface area contributed by atoms with E-state index >= 15 is 0 Å². The number of nitrogens with one attached hydrogen (secondary N) is 2. The Morgan fingerprint density at radius 3 is 2.67 bits per heavy atom. The first-order valence-electron chi connectivity index (χ1n) is 3.38. The van der Waals surface area contributed by atoms with Crippen molar-refractivity contribution in [3.8, 4) is 0 Å². The molecule has 0 aliphatic carbocycles. The summed E-state index contributed by atoms with van der Waals surface area (Å²) in [5.74, 6) is 0. The summed E-state index contributed by atoms with van der Waals surface area (Å²) < 4.78 is 0. The normalized spacial score (nSPS) is 10.9. The van der Waals surface area contributed by atoms with Gasteiger partial charge in [0.1, 0.15) is 0 Å². The van der Waals surface area contributed by atoms with Crippen LogP contribution in [0.25, 0.3) is 0 Å². The second-order valence-electron chi connectivity index (χ2n) is 1.88. The monoisotopic (exact) mass is 128 g/mol.